The topological polar surface area (TPSA) is 50.3 Å². The molecule has 0 bridgehead atoms. The maximum atomic E-state index is 12.4. The Hall–Kier alpha value is -0.650. The zero-order valence-electron chi connectivity index (χ0n) is 11.8. The van der Waals surface area contributed by atoms with Crippen molar-refractivity contribution in [1.82, 2.24) is 9.29 Å². The van der Waals surface area contributed by atoms with Crippen LogP contribution in [0.3, 0.4) is 0 Å². The smallest absolute Gasteiger partial charge is 0.243 e. The van der Waals surface area contributed by atoms with E-state index in [4.69, 9.17) is 11.6 Å². The highest BCUT2D eigenvalue weighted by Gasteiger charge is 2.26. The van der Waals surface area contributed by atoms with Crippen LogP contribution in [0.2, 0.25) is 0 Å². The van der Waals surface area contributed by atoms with Crippen molar-refractivity contribution in [2.24, 2.45) is 5.92 Å². The van der Waals surface area contributed by atoms with Gasteiger partial charge < -0.3 is 0 Å². The Balaban J connectivity index is 2.95. The standard InChI is InChI=1S/C13H21ClN2O2S/c1-10(2)7-11(3)16(4)19(17,18)13-6-5-12(8-14)9-15-13/h5-6,9-11H,7-8H2,1-4H3. The van der Waals surface area contributed by atoms with Gasteiger partial charge in [-0.15, -0.1) is 11.6 Å². The molecule has 0 amide bonds. The molecule has 1 atom stereocenters. The van der Waals surface area contributed by atoms with Crippen molar-refractivity contribution in [3.63, 3.8) is 0 Å². The highest BCUT2D eigenvalue weighted by molar-refractivity contribution is 7.89. The molecule has 0 aliphatic heterocycles. The zero-order valence-corrected chi connectivity index (χ0v) is 13.4. The first-order valence-electron chi connectivity index (χ1n) is 6.28. The van der Waals surface area contributed by atoms with Crippen LogP contribution < -0.4 is 0 Å². The highest BCUT2D eigenvalue weighted by Crippen LogP contribution is 2.18. The van der Waals surface area contributed by atoms with E-state index in [0.29, 0.717) is 11.8 Å². The van der Waals surface area contributed by atoms with E-state index < -0.39 is 10.0 Å². The first-order valence-corrected chi connectivity index (χ1v) is 8.25. The lowest BCUT2D eigenvalue weighted by atomic mass is 10.1. The second-order valence-electron chi connectivity index (χ2n) is 5.14. The number of nitrogens with zero attached hydrogens (tertiary/aromatic N) is 2. The Morgan fingerprint density at radius 2 is 1.95 bits per heavy atom. The van der Waals surface area contributed by atoms with Crippen LogP contribution in [-0.4, -0.2) is 30.8 Å². The Bertz CT molecular complexity index is 500. The molecular formula is C13H21ClN2O2S. The largest absolute Gasteiger partial charge is 0.260 e. The van der Waals surface area contributed by atoms with E-state index in [0.717, 1.165) is 12.0 Å². The molecule has 4 nitrogen and oxygen atoms in total. The van der Waals surface area contributed by atoms with Crippen LogP contribution in [0.15, 0.2) is 23.4 Å². The van der Waals surface area contributed by atoms with E-state index in [9.17, 15) is 8.42 Å². The van der Waals surface area contributed by atoms with Crippen molar-refractivity contribution < 1.29 is 8.42 Å². The van der Waals surface area contributed by atoms with E-state index in [2.05, 4.69) is 18.8 Å². The fourth-order valence-electron chi connectivity index (χ4n) is 1.86. The van der Waals surface area contributed by atoms with Crippen molar-refractivity contribution in [2.45, 2.75) is 44.1 Å². The van der Waals surface area contributed by atoms with Crippen molar-refractivity contribution >= 4 is 21.6 Å². The molecule has 0 radical (unpaired) electrons. The van der Waals surface area contributed by atoms with Gasteiger partial charge in [-0.2, -0.15) is 4.31 Å². The number of alkyl halides is 1. The fraction of sp³-hybridized carbons (Fsp3) is 0.615. The molecule has 0 fully saturated rings. The van der Waals surface area contributed by atoms with Gasteiger partial charge in [0.25, 0.3) is 10.0 Å². The molecule has 1 aromatic heterocycles. The van der Waals surface area contributed by atoms with Crippen molar-refractivity contribution in [3.8, 4) is 0 Å². The predicted octanol–water partition coefficient (Wildman–Crippen LogP) is 2.88. The van der Waals surface area contributed by atoms with E-state index in [1.165, 1.54) is 16.6 Å². The molecule has 1 unspecified atom stereocenters. The van der Waals surface area contributed by atoms with Crippen LogP contribution in [0.25, 0.3) is 0 Å². The van der Waals surface area contributed by atoms with Crippen LogP contribution in [-0.2, 0) is 15.9 Å². The van der Waals surface area contributed by atoms with Crippen LogP contribution in [0.4, 0.5) is 0 Å². The van der Waals surface area contributed by atoms with Gasteiger partial charge in [0.2, 0.25) is 0 Å². The molecular weight excluding hydrogens is 284 g/mol. The average Bonchev–Trinajstić information content (AvgIpc) is 2.37. The van der Waals surface area contributed by atoms with Crippen molar-refractivity contribution in [1.29, 1.82) is 0 Å². The third kappa shape index (κ3) is 4.16. The zero-order chi connectivity index (χ0) is 14.6. The minimum atomic E-state index is -3.53. The maximum absolute atomic E-state index is 12.4. The third-order valence-corrected chi connectivity index (χ3v) is 5.23. The Morgan fingerprint density at radius 3 is 2.37 bits per heavy atom. The second-order valence-corrected chi connectivity index (χ2v) is 7.35. The van der Waals surface area contributed by atoms with Gasteiger partial charge in [-0.25, -0.2) is 13.4 Å². The number of halogens is 1. The maximum Gasteiger partial charge on any atom is 0.260 e. The van der Waals surface area contributed by atoms with Gasteiger partial charge in [0, 0.05) is 25.2 Å². The fourth-order valence-corrected chi connectivity index (χ4v) is 3.30. The minimum Gasteiger partial charge on any atom is -0.243 e. The SMILES string of the molecule is CC(C)CC(C)N(C)S(=O)(=O)c1ccc(CCl)cn1. The van der Waals surface area contributed by atoms with Gasteiger partial charge in [-0.1, -0.05) is 19.9 Å². The monoisotopic (exact) mass is 304 g/mol. The highest BCUT2D eigenvalue weighted by atomic mass is 35.5. The summed E-state index contributed by atoms with van der Waals surface area (Å²) in [6.07, 6.45) is 2.32. The van der Waals surface area contributed by atoms with Gasteiger partial charge in [-0.3, -0.25) is 0 Å². The van der Waals surface area contributed by atoms with Gasteiger partial charge in [0.1, 0.15) is 0 Å². The van der Waals surface area contributed by atoms with Crippen LogP contribution >= 0.6 is 11.6 Å². The summed E-state index contributed by atoms with van der Waals surface area (Å²) >= 11 is 5.66. The average molecular weight is 305 g/mol. The summed E-state index contributed by atoms with van der Waals surface area (Å²) in [4.78, 5) is 3.99. The van der Waals surface area contributed by atoms with E-state index in [-0.39, 0.29) is 11.1 Å². The third-order valence-electron chi connectivity index (χ3n) is 3.03. The number of hydrogen-bond donors (Lipinski definition) is 0. The number of pyridine rings is 1. The molecule has 0 aliphatic carbocycles. The Morgan fingerprint density at radius 1 is 1.32 bits per heavy atom. The summed E-state index contributed by atoms with van der Waals surface area (Å²) in [5.74, 6) is 0.770. The van der Waals surface area contributed by atoms with Crippen molar-refractivity contribution in [3.05, 3.63) is 23.9 Å². The summed E-state index contributed by atoms with van der Waals surface area (Å²) in [6, 6.07) is 3.14. The quantitative estimate of drug-likeness (QED) is 0.759. The molecule has 6 heteroatoms. The molecule has 0 aromatic carbocycles. The van der Waals surface area contributed by atoms with E-state index >= 15 is 0 Å². The van der Waals surface area contributed by atoms with Gasteiger partial charge in [0.05, 0.1) is 0 Å². The molecule has 1 aromatic rings. The molecule has 0 saturated carbocycles. The van der Waals surface area contributed by atoms with E-state index in [1.807, 2.05) is 6.92 Å². The minimum absolute atomic E-state index is 0.0560. The lowest BCUT2D eigenvalue weighted by Gasteiger charge is -2.25. The molecule has 1 rings (SSSR count). The van der Waals surface area contributed by atoms with Crippen LogP contribution in [0, 0.1) is 5.92 Å². The summed E-state index contributed by atoms with van der Waals surface area (Å²) in [5.41, 5.74) is 0.804. The Labute approximate surface area is 120 Å². The molecule has 1 heterocycles. The van der Waals surface area contributed by atoms with Crippen LogP contribution in [0.1, 0.15) is 32.8 Å². The first-order chi connectivity index (χ1) is 8.78. The van der Waals surface area contributed by atoms with Gasteiger partial charge in [0.15, 0.2) is 5.03 Å². The number of hydrogen-bond acceptors (Lipinski definition) is 3. The Kier molecular flexibility index (Phi) is 5.77. The summed E-state index contributed by atoms with van der Waals surface area (Å²) < 4.78 is 26.2. The summed E-state index contributed by atoms with van der Waals surface area (Å²) in [6.45, 7) is 6.06. The molecule has 19 heavy (non-hydrogen) atoms. The normalized spacial score (nSPS) is 14.1. The van der Waals surface area contributed by atoms with Gasteiger partial charge in [-0.05, 0) is 30.9 Å². The molecule has 0 saturated heterocycles. The lowest BCUT2D eigenvalue weighted by Crippen LogP contribution is -2.36. The first kappa shape index (κ1) is 16.4. The second kappa shape index (κ2) is 6.68. The predicted molar refractivity (Wildman–Crippen MR) is 77.7 cm³/mol. The van der Waals surface area contributed by atoms with Crippen LogP contribution in [0.5, 0.6) is 0 Å². The number of sulfonamides is 1. The van der Waals surface area contributed by atoms with Gasteiger partial charge >= 0.3 is 0 Å². The molecule has 108 valence electrons. The molecule has 0 spiro atoms. The number of rotatable bonds is 6. The van der Waals surface area contributed by atoms with Crippen molar-refractivity contribution in [2.75, 3.05) is 7.05 Å². The number of aromatic nitrogens is 1. The lowest BCUT2D eigenvalue weighted by molar-refractivity contribution is 0.337. The molecule has 0 aliphatic rings. The molecule has 0 N–H and O–H groups in total. The summed E-state index contributed by atoms with van der Waals surface area (Å²) in [5, 5.41) is 0.0690. The summed E-state index contributed by atoms with van der Waals surface area (Å²) in [7, 11) is -1.93. The van der Waals surface area contributed by atoms with E-state index in [1.54, 1.807) is 13.1 Å².